The maximum absolute atomic E-state index is 5.47. The van der Waals surface area contributed by atoms with E-state index in [9.17, 15) is 0 Å². The predicted octanol–water partition coefficient (Wildman–Crippen LogP) is 3.69. The van der Waals surface area contributed by atoms with E-state index in [1.54, 1.807) is 7.11 Å². The van der Waals surface area contributed by atoms with Gasteiger partial charge in [-0.2, -0.15) is 4.40 Å². The quantitative estimate of drug-likeness (QED) is 0.528. The van der Waals surface area contributed by atoms with Gasteiger partial charge in [0.15, 0.2) is 12.4 Å². The first kappa shape index (κ1) is 12.2. The Kier molecular flexibility index (Phi) is 2.45. The average molecular weight is 277 g/mol. The zero-order valence-electron chi connectivity index (χ0n) is 12.4. The van der Waals surface area contributed by atoms with Gasteiger partial charge in [-0.05, 0) is 25.5 Å². The van der Waals surface area contributed by atoms with E-state index in [4.69, 9.17) is 4.74 Å². The van der Waals surface area contributed by atoms with E-state index in [2.05, 4.69) is 53.8 Å². The number of rotatable bonds is 1. The van der Waals surface area contributed by atoms with E-state index in [1.807, 2.05) is 12.1 Å². The van der Waals surface area contributed by atoms with Crippen LogP contribution in [0, 0.1) is 13.8 Å². The van der Waals surface area contributed by atoms with E-state index in [-0.39, 0.29) is 0 Å². The number of benzene rings is 1. The van der Waals surface area contributed by atoms with Crippen LogP contribution in [0.1, 0.15) is 11.1 Å². The molecule has 0 atom stereocenters. The van der Waals surface area contributed by atoms with Crippen molar-refractivity contribution in [2.45, 2.75) is 13.8 Å². The van der Waals surface area contributed by atoms with Gasteiger partial charge in [0.2, 0.25) is 5.52 Å². The van der Waals surface area contributed by atoms with Gasteiger partial charge in [0.1, 0.15) is 11.3 Å². The molecule has 0 saturated heterocycles. The average Bonchev–Trinajstić information content (AvgIpc) is 2.87. The zero-order valence-corrected chi connectivity index (χ0v) is 12.4. The second kappa shape index (κ2) is 4.22. The summed E-state index contributed by atoms with van der Waals surface area (Å²) in [6.07, 6.45) is 4.30. The Hall–Kier alpha value is -2.55. The Labute approximate surface area is 122 Å². The molecule has 0 aliphatic heterocycles. The van der Waals surface area contributed by atoms with Crippen LogP contribution < -0.4 is 9.14 Å². The summed E-state index contributed by atoms with van der Waals surface area (Å²) in [6, 6.07) is 10.6. The van der Waals surface area contributed by atoms with E-state index in [0.717, 1.165) is 16.8 Å². The minimum absolute atomic E-state index is 0.880. The summed E-state index contributed by atoms with van der Waals surface area (Å²) in [6.45, 7) is 4.29. The van der Waals surface area contributed by atoms with Crippen molar-refractivity contribution >= 4 is 27.3 Å². The third-order valence-corrected chi connectivity index (χ3v) is 4.30. The molecule has 4 rings (SSSR count). The van der Waals surface area contributed by atoms with Crippen LogP contribution in [0.4, 0.5) is 0 Å². The van der Waals surface area contributed by atoms with Gasteiger partial charge in [0.05, 0.1) is 12.6 Å². The Bertz CT molecular complexity index is 999. The summed E-state index contributed by atoms with van der Waals surface area (Å²) in [5, 5.41) is 2.43. The monoisotopic (exact) mass is 277 g/mol. The Morgan fingerprint density at radius 3 is 2.62 bits per heavy atom. The summed E-state index contributed by atoms with van der Waals surface area (Å²) in [7, 11) is 1.71. The van der Waals surface area contributed by atoms with Gasteiger partial charge in [0, 0.05) is 28.5 Å². The number of nitrogens with one attached hydrogen (secondary N) is 1. The van der Waals surface area contributed by atoms with Crippen molar-refractivity contribution in [3.05, 3.63) is 53.9 Å². The summed E-state index contributed by atoms with van der Waals surface area (Å²) < 4.78 is 7.65. The predicted molar refractivity (Wildman–Crippen MR) is 85.0 cm³/mol. The number of para-hydroxylation sites is 1. The Morgan fingerprint density at radius 2 is 1.81 bits per heavy atom. The molecule has 3 aromatic heterocycles. The van der Waals surface area contributed by atoms with E-state index in [0.29, 0.717) is 0 Å². The topological polar surface area (TPSA) is 29.1 Å². The molecule has 3 heterocycles. The van der Waals surface area contributed by atoms with Crippen molar-refractivity contribution < 1.29 is 9.14 Å². The SMILES string of the molecule is COc1cccc2c1[nH]c1c2cc[n+]2cc(C)c(C)cc12. The smallest absolute Gasteiger partial charge is 0.235 e. The van der Waals surface area contributed by atoms with E-state index < -0.39 is 0 Å². The lowest BCUT2D eigenvalue weighted by Crippen LogP contribution is -2.21. The van der Waals surface area contributed by atoms with Crippen molar-refractivity contribution in [1.29, 1.82) is 0 Å². The molecule has 0 spiro atoms. The fourth-order valence-electron chi connectivity index (χ4n) is 3.01. The van der Waals surface area contributed by atoms with Crippen molar-refractivity contribution in [1.82, 2.24) is 4.98 Å². The molecule has 1 aromatic carbocycles. The molecule has 0 fully saturated rings. The van der Waals surface area contributed by atoms with E-state index >= 15 is 0 Å². The number of nitrogens with zero attached hydrogens (tertiary/aromatic N) is 1. The van der Waals surface area contributed by atoms with Crippen LogP contribution in [-0.4, -0.2) is 12.1 Å². The third-order valence-electron chi connectivity index (χ3n) is 4.30. The van der Waals surface area contributed by atoms with Gasteiger partial charge in [-0.25, -0.2) is 0 Å². The van der Waals surface area contributed by atoms with Gasteiger partial charge < -0.3 is 9.72 Å². The highest BCUT2D eigenvalue weighted by atomic mass is 16.5. The van der Waals surface area contributed by atoms with Crippen molar-refractivity contribution in [2.24, 2.45) is 0 Å². The third kappa shape index (κ3) is 1.64. The molecule has 0 unspecified atom stereocenters. The number of hydrogen-bond acceptors (Lipinski definition) is 1. The number of aromatic nitrogens is 2. The van der Waals surface area contributed by atoms with Gasteiger partial charge in [0.25, 0.3) is 0 Å². The number of ether oxygens (including phenoxy) is 1. The minimum atomic E-state index is 0.880. The van der Waals surface area contributed by atoms with Gasteiger partial charge in [-0.15, -0.1) is 0 Å². The molecular formula is C18H17N2O+. The van der Waals surface area contributed by atoms with Crippen LogP contribution in [0.3, 0.4) is 0 Å². The summed E-state index contributed by atoms with van der Waals surface area (Å²) >= 11 is 0. The van der Waals surface area contributed by atoms with E-state index in [1.165, 1.54) is 27.4 Å². The van der Waals surface area contributed by atoms with Crippen LogP contribution in [0.2, 0.25) is 0 Å². The molecule has 3 heteroatoms. The zero-order chi connectivity index (χ0) is 14.6. The number of aromatic amines is 1. The fourth-order valence-corrected chi connectivity index (χ4v) is 3.01. The second-order valence-corrected chi connectivity index (χ2v) is 5.54. The van der Waals surface area contributed by atoms with Gasteiger partial charge >= 0.3 is 0 Å². The summed E-state index contributed by atoms with van der Waals surface area (Å²) in [5.74, 6) is 0.880. The van der Waals surface area contributed by atoms with Crippen LogP contribution in [0.25, 0.3) is 27.3 Å². The molecule has 21 heavy (non-hydrogen) atoms. The fraction of sp³-hybridized carbons (Fsp3) is 0.167. The van der Waals surface area contributed by atoms with Crippen LogP contribution in [0.5, 0.6) is 5.75 Å². The lowest BCUT2D eigenvalue weighted by Gasteiger charge is -1.99. The maximum atomic E-state index is 5.47. The number of aryl methyl sites for hydroxylation is 2. The summed E-state index contributed by atoms with van der Waals surface area (Å²) in [5.41, 5.74) is 5.99. The van der Waals surface area contributed by atoms with Crippen molar-refractivity contribution in [3.63, 3.8) is 0 Å². The first-order valence-corrected chi connectivity index (χ1v) is 7.08. The van der Waals surface area contributed by atoms with Crippen LogP contribution >= 0.6 is 0 Å². The highest BCUT2D eigenvalue weighted by molar-refractivity contribution is 6.12. The first-order valence-electron chi connectivity index (χ1n) is 7.08. The molecular weight excluding hydrogens is 260 g/mol. The molecule has 1 N–H and O–H groups in total. The molecule has 0 amide bonds. The molecule has 0 aliphatic rings. The summed E-state index contributed by atoms with van der Waals surface area (Å²) in [4.78, 5) is 3.54. The van der Waals surface area contributed by atoms with Crippen molar-refractivity contribution in [2.75, 3.05) is 7.11 Å². The number of pyridine rings is 2. The molecule has 0 radical (unpaired) electrons. The highest BCUT2D eigenvalue weighted by Gasteiger charge is 2.15. The minimum Gasteiger partial charge on any atom is -0.495 e. The molecule has 0 saturated carbocycles. The molecule has 104 valence electrons. The second-order valence-electron chi connectivity index (χ2n) is 5.54. The maximum Gasteiger partial charge on any atom is 0.235 e. The molecule has 3 nitrogen and oxygen atoms in total. The first-order chi connectivity index (χ1) is 10.2. The number of H-pyrrole nitrogens is 1. The van der Waals surface area contributed by atoms with Crippen LogP contribution in [0.15, 0.2) is 42.7 Å². The number of fused-ring (bicyclic) bond motifs is 5. The lowest BCUT2D eigenvalue weighted by molar-refractivity contribution is -0.511. The van der Waals surface area contributed by atoms with Gasteiger partial charge in [-0.1, -0.05) is 12.1 Å². The normalized spacial score (nSPS) is 11.6. The molecule has 4 aromatic rings. The Balaban J connectivity index is 2.23. The highest BCUT2D eigenvalue weighted by Crippen LogP contribution is 2.32. The van der Waals surface area contributed by atoms with Gasteiger partial charge in [-0.3, -0.25) is 0 Å². The number of methoxy groups -OCH3 is 1. The van der Waals surface area contributed by atoms with Crippen molar-refractivity contribution in [3.8, 4) is 5.75 Å². The largest absolute Gasteiger partial charge is 0.495 e. The molecule has 0 bridgehead atoms. The lowest BCUT2D eigenvalue weighted by atomic mass is 10.1. The standard InChI is InChI=1S/C18H16N2O/c1-11-9-15-17-14(7-8-20(15)10-12(11)2)13-5-4-6-16(21-3)18(13)19-17/h4-10H,1-3H3/p+1. The Morgan fingerprint density at radius 1 is 1.00 bits per heavy atom. The number of hydrogen-bond donors (Lipinski definition) is 1. The molecule has 0 aliphatic carbocycles. The van der Waals surface area contributed by atoms with Crippen LogP contribution in [-0.2, 0) is 0 Å².